The van der Waals surface area contributed by atoms with E-state index in [1.807, 2.05) is 16.8 Å². The predicted octanol–water partition coefficient (Wildman–Crippen LogP) is 3.14. The van der Waals surface area contributed by atoms with Crippen LogP contribution in [-0.2, 0) is 11.3 Å². The summed E-state index contributed by atoms with van der Waals surface area (Å²) < 4.78 is 27.5. The van der Waals surface area contributed by atoms with Crippen molar-refractivity contribution in [1.82, 2.24) is 24.5 Å². The minimum atomic E-state index is -0.440. The van der Waals surface area contributed by atoms with Crippen molar-refractivity contribution in [2.45, 2.75) is 43.9 Å². The zero-order valence-electron chi connectivity index (χ0n) is 21.3. The Morgan fingerprint density at radius 2 is 2.03 bits per heavy atom. The summed E-state index contributed by atoms with van der Waals surface area (Å²) in [5.41, 5.74) is 16.8. The lowest BCUT2D eigenvalue weighted by molar-refractivity contribution is 0.0659. The van der Waals surface area contributed by atoms with Crippen LogP contribution in [0.1, 0.15) is 31.2 Å². The van der Waals surface area contributed by atoms with Gasteiger partial charge >= 0.3 is 0 Å². The predicted molar refractivity (Wildman–Crippen MR) is 142 cm³/mol. The summed E-state index contributed by atoms with van der Waals surface area (Å²) in [4.78, 5) is 19.9. The Morgan fingerprint density at radius 1 is 1.16 bits per heavy atom. The number of halogens is 1. The Labute approximate surface area is 219 Å². The van der Waals surface area contributed by atoms with Crippen LogP contribution in [0.2, 0.25) is 0 Å². The van der Waals surface area contributed by atoms with Crippen molar-refractivity contribution in [1.29, 1.82) is 0 Å². The van der Waals surface area contributed by atoms with Gasteiger partial charge in [-0.05, 0) is 55.5 Å². The second kappa shape index (κ2) is 9.80. The van der Waals surface area contributed by atoms with Crippen LogP contribution >= 0.6 is 0 Å². The highest BCUT2D eigenvalue weighted by Crippen LogP contribution is 2.33. The van der Waals surface area contributed by atoms with E-state index >= 15 is 0 Å². The van der Waals surface area contributed by atoms with Crippen molar-refractivity contribution in [2.24, 2.45) is 5.73 Å². The van der Waals surface area contributed by atoms with E-state index in [2.05, 4.69) is 19.9 Å². The molecule has 11 heteroatoms. The first-order valence-corrected chi connectivity index (χ1v) is 12.8. The smallest absolute Gasteiger partial charge is 0.165 e. The van der Waals surface area contributed by atoms with Crippen LogP contribution in [0.15, 0.2) is 43.1 Å². The number of aromatic nitrogens is 5. The van der Waals surface area contributed by atoms with E-state index in [4.69, 9.17) is 25.9 Å². The minimum Gasteiger partial charge on any atom is -0.494 e. The van der Waals surface area contributed by atoms with Crippen LogP contribution in [-0.4, -0.2) is 63.0 Å². The van der Waals surface area contributed by atoms with Gasteiger partial charge < -0.3 is 30.4 Å². The highest BCUT2D eigenvalue weighted by atomic mass is 19.1. The maximum Gasteiger partial charge on any atom is 0.165 e. The Balaban J connectivity index is 1.37. The molecule has 1 aromatic carbocycles. The number of anilines is 2. The van der Waals surface area contributed by atoms with E-state index in [0.717, 1.165) is 43.5 Å². The van der Waals surface area contributed by atoms with Gasteiger partial charge in [-0.3, -0.25) is 4.98 Å². The van der Waals surface area contributed by atoms with Gasteiger partial charge in [0, 0.05) is 18.7 Å². The number of nitrogens with two attached hydrogens (primary N) is 2. The van der Waals surface area contributed by atoms with E-state index in [1.165, 1.54) is 19.5 Å². The van der Waals surface area contributed by atoms with Crippen molar-refractivity contribution in [2.75, 3.05) is 37.4 Å². The Bertz CT molecular complexity index is 1470. The van der Waals surface area contributed by atoms with Gasteiger partial charge in [-0.2, -0.15) is 0 Å². The molecule has 2 aliphatic rings. The molecular weight excluding hydrogens is 487 g/mol. The van der Waals surface area contributed by atoms with E-state index in [1.54, 1.807) is 18.5 Å². The zero-order chi connectivity index (χ0) is 26.3. The molecule has 3 aromatic heterocycles. The number of fused-ring (bicyclic) bond motifs is 1. The maximum absolute atomic E-state index is 14.5. The van der Waals surface area contributed by atoms with E-state index < -0.39 is 11.4 Å². The fourth-order valence-electron chi connectivity index (χ4n) is 5.08. The topological polar surface area (TPSA) is 130 Å². The molecule has 4 heterocycles. The normalized spacial score (nSPS) is 19.7. The molecule has 6 rings (SSSR count). The molecule has 1 saturated carbocycles. The highest BCUT2D eigenvalue weighted by molar-refractivity contribution is 5.81. The largest absolute Gasteiger partial charge is 0.494 e. The molecule has 4 aromatic rings. The van der Waals surface area contributed by atoms with E-state index in [0.29, 0.717) is 54.0 Å². The van der Waals surface area contributed by atoms with Gasteiger partial charge in [0.15, 0.2) is 23.0 Å². The number of ether oxygens (including phenoxy) is 2. The second-order valence-electron chi connectivity index (χ2n) is 10.2. The van der Waals surface area contributed by atoms with Gasteiger partial charge in [-0.1, -0.05) is 0 Å². The van der Waals surface area contributed by atoms with Crippen LogP contribution in [0.3, 0.4) is 0 Å². The lowest BCUT2D eigenvalue weighted by Gasteiger charge is -2.41. The summed E-state index contributed by atoms with van der Waals surface area (Å²) in [5, 5.41) is 0. The second-order valence-corrected chi connectivity index (χ2v) is 10.2. The van der Waals surface area contributed by atoms with Gasteiger partial charge in [0.05, 0.1) is 55.8 Å². The number of pyridine rings is 1. The van der Waals surface area contributed by atoms with Crippen LogP contribution < -0.4 is 21.1 Å². The molecule has 4 N–H and O–H groups in total. The number of imidazole rings is 1. The molecule has 1 atom stereocenters. The minimum absolute atomic E-state index is 0.189. The quantitative estimate of drug-likeness (QED) is 0.361. The number of hydrogen-bond acceptors (Lipinski definition) is 9. The Kier molecular flexibility index (Phi) is 6.32. The third kappa shape index (κ3) is 4.86. The van der Waals surface area contributed by atoms with Crippen molar-refractivity contribution in [3.05, 3.63) is 54.5 Å². The Hall–Kier alpha value is -3.83. The summed E-state index contributed by atoms with van der Waals surface area (Å²) in [6.45, 7) is 2.52. The van der Waals surface area contributed by atoms with E-state index in [9.17, 15) is 4.39 Å². The SMILES string of the molecule is COc1ccc(-c2cc(Cn3cnc4c(N)ncnc43)c(N3CCC[C@](N)(COC4CC4)C3)cn2)cc1F. The van der Waals surface area contributed by atoms with Gasteiger partial charge in [0.25, 0.3) is 0 Å². The average Bonchev–Trinajstić information content (AvgIpc) is 3.67. The molecule has 1 saturated heterocycles. The summed E-state index contributed by atoms with van der Waals surface area (Å²) in [7, 11) is 1.45. The highest BCUT2D eigenvalue weighted by Gasteiger charge is 2.35. The molecule has 0 spiro atoms. The van der Waals surface area contributed by atoms with Crippen LogP contribution in [0.4, 0.5) is 15.9 Å². The molecule has 0 unspecified atom stereocenters. The number of piperidine rings is 1. The average molecular weight is 519 g/mol. The molecule has 1 aliphatic heterocycles. The zero-order valence-corrected chi connectivity index (χ0v) is 21.3. The number of methoxy groups -OCH3 is 1. The molecule has 1 aliphatic carbocycles. The number of nitrogen functional groups attached to an aromatic ring is 1. The molecule has 38 heavy (non-hydrogen) atoms. The van der Waals surface area contributed by atoms with Crippen LogP contribution in [0.25, 0.3) is 22.4 Å². The van der Waals surface area contributed by atoms with Gasteiger partial charge in [0.1, 0.15) is 11.8 Å². The molecule has 0 amide bonds. The van der Waals surface area contributed by atoms with Crippen molar-refractivity contribution in [3.63, 3.8) is 0 Å². The van der Waals surface area contributed by atoms with Crippen LogP contribution in [0, 0.1) is 5.82 Å². The summed E-state index contributed by atoms with van der Waals surface area (Å²) in [5.74, 6) is 0.0799. The molecule has 0 radical (unpaired) electrons. The molecule has 0 bridgehead atoms. The third-order valence-electron chi connectivity index (χ3n) is 7.26. The van der Waals surface area contributed by atoms with Crippen molar-refractivity contribution < 1.29 is 13.9 Å². The van der Waals surface area contributed by atoms with Crippen molar-refractivity contribution >= 4 is 22.7 Å². The fourth-order valence-corrected chi connectivity index (χ4v) is 5.08. The molecular formula is C27H31FN8O2. The lowest BCUT2D eigenvalue weighted by Crippen LogP contribution is -2.57. The third-order valence-corrected chi connectivity index (χ3v) is 7.26. The lowest BCUT2D eigenvalue weighted by atomic mass is 9.90. The first-order valence-electron chi connectivity index (χ1n) is 12.8. The maximum atomic E-state index is 14.5. The molecule has 2 fully saturated rings. The number of hydrogen-bond donors (Lipinski definition) is 2. The number of nitrogens with zero attached hydrogens (tertiary/aromatic N) is 6. The first kappa shape index (κ1) is 24.5. The fraction of sp³-hybridized carbons (Fsp3) is 0.407. The number of rotatable bonds is 8. The standard InChI is InChI=1S/C27H31FN8O2/c1-37-23-6-3-17(9-20(23)28)21-10-18(12-36-16-34-24-25(29)32-15-33-26(24)36)22(11-31-21)35-8-2-7-27(30,13-35)14-38-19-4-5-19/h3,6,9-11,15-16,19H,2,4-5,7-8,12-14,30H2,1H3,(H2,29,32,33)/t27-/m1/s1. The molecule has 198 valence electrons. The molecule has 10 nitrogen and oxygen atoms in total. The summed E-state index contributed by atoms with van der Waals surface area (Å²) >= 11 is 0. The Morgan fingerprint density at radius 3 is 2.82 bits per heavy atom. The van der Waals surface area contributed by atoms with Crippen LogP contribution in [0.5, 0.6) is 5.75 Å². The van der Waals surface area contributed by atoms with Gasteiger partial charge in [-0.25, -0.2) is 19.3 Å². The summed E-state index contributed by atoms with van der Waals surface area (Å²) in [6, 6.07) is 6.83. The van der Waals surface area contributed by atoms with Crippen molar-refractivity contribution in [3.8, 4) is 17.0 Å². The van der Waals surface area contributed by atoms with Gasteiger partial charge in [-0.15, -0.1) is 0 Å². The van der Waals surface area contributed by atoms with E-state index in [-0.39, 0.29) is 5.75 Å². The summed E-state index contributed by atoms with van der Waals surface area (Å²) in [6.07, 6.45) is 9.45. The first-order chi connectivity index (χ1) is 18.4. The monoisotopic (exact) mass is 518 g/mol. The number of benzene rings is 1. The van der Waals surface area contributed by atoms with Gasteiger partial charge in [0.2, 0.25) is 0 Å².